The summed E-state index contributed by atoms with van der Waals surface area (Å²) in [5.74, 6) is -0.717. The van der Waals surface area contributed by atoms with Gasteiger partial charge < -0.3 is 4.90 Å². The topological polar surface area (TPSA) is 57.7 Å². The van der Waals surface area contributed by atoms with Crippen molar-refractivity contribution in [1.82, 2.24) is 4.90 Å². The predicted molar refractivity (Wildman–Crippen MR) is 102 cm³/mol. The maximum atomic E-state index is 13.1. The maximum Gasteiger partial charge on any atom is 0.257 e. The molecule has 27 heavy (non-hydrogen) atoms. The molecule has 1 heterocycles. The van der Waals surface area contributed by atoms with Crippen molar-refractivity contribution in [3.63, 3.8) is 0 Å². The smallest absolute Gasteiger partial charge is 0.257 e. The third-order valence-corrected chi connectivity index (χ3v) is 5.24. The van der Waals surface area contributed by atoms with Crippen LogP contribution in [0, 0.1) is 5.92 Å². The average Bonchev–Trinajstić information content (AvgIpc) is 3.47. The van der Waals surface area contributed by atoms with Crippen LogP contribution in [0.1, 0.15) is 24.8 Å². The Morgan fingerprint density at radius 3 is 2.33 bits per heavy atom. The van der Waals surface area contributed by atoms with Crippen LogP contribution >= 0.6 is 11.6 Å². The zero-order valence-electron chi connectivity index (χ0n) is 14.7. The highest BCUT2D eigenvalue weighted by Crippen LogP contribution is 2.35. The van der Waals surface area contributed by atoms with E-state index in [2.05, 4.69) is 0 Å². The fraction of sp³-hybridized carbons (Fsp3) is 0.286. The second-order valence-electron chi connectivity index (χ2n) is 6.99. The zero-order valence-corrected chi connectivity index (χ0v) is 15.4. The number of benzene rings is 2. The van der Waals surface area contributed by atoms with Crippen molar-refractivity contribution in [2.75, 3.05) is 4.90 Å². The van der Waals surface area contributed by atoms with E-state index in [-0.39, 0.29) is 30.1 Å². The van der Waals surface area contributed by atoms with E-state index in [0.29, 0.717) is 17.3 Å². The molecular weight excluding hydrogens is 364 g/mol. The maximum absolute atomic E-state index is 13.1. The van der Waals surface area contributed by atoms with Gasteiger partial charge in [-0.25, -0.2) is 4.90 Å². The van der Waals surface area contributed by atoms with Gasteiger partial charge in [-0.2, -0.15) is 0 Å². The van der Waals surface area contributed by atoms with Crippen molar-refractivity contribution < 1.29 is 14.4 Å². The van der Waals surface area contributed by atoms with E-state index < -0.39 is 6.04 Å². The number of hydrogen-bond donors (Lipinski definition) is 0. The Bertz CT molecular complexity index is 878. The lowest BCUT2D eigenvalue weighted by Crippen LogP contribution is -2.45. The summed E-state index contributed by atoms with van der Waals surface area (Å²) < 4.78 is 0. The largest absolute Gasteiger partial charge is 0.326 e. The van der Waals surface area contributed by atoms with Crippen LogP contribution < -0.4 is 4.90 Å². The Morgan fingerprint density at radius 2 is 1.70 bits per heavy atom. The molecule has 0 N–H and O–H groups in total. The quantitative estimate of drug-likeness (QED) is 0.744. The third-order valence-electron chi connectivity index (χ3n) is 4.99. The lowest BCUT2D eigenvalue weighted by molar-refractivity contribution is -0.140. The molecule has 4 rings (SSSR count). The first-order chi connectivity index (χ1) is 13.0. The third kappa shape index (κ3) is 3.60. The van der Waals surface area contributed by atoms with Crippen molar-refractivity contribution in [3.8, 4) is 0 Å². The minimum Gasteiger partial charge on any atom is -0.326 e. The molecule has 2 fully saturated rings. The molecule has 1 saturated carbocycles. The Kier molecular flexibility index (Phi) is 4.70. The molecule has 2 aromatic rings. The average molecular weight is 383 g/mol. The Morgan fingerprint density at radius 1 is 1.04 bits per heavy atom. The molecule has 2 aromatic carbocycles. The zero-order chi connectivity index (χ0) is 19.0. The molecule has 1 atom stereocenters. The number of carbonyl (C=O) groups excluding carboxylic acids is 3. The fourth-order valence-corrected chi connectivity index (χ4v) is 3.53. The van der Waals surface area contributed by atoms with E-state index >= 15 is 0 Å². The van der Waals surface area contributed by atoms with Crippen LogP contribution in [0.15, 0.2) is 54.6 Å². The number of halogens is 1. The molecule has 2 aliphatic rings. The highest BCUT2D eigenvalue weighted by Gasteiger charge is 2.46. The first-order valence-electron chi connectivity index (χ1n) is 9.01. The van der Waals surface area contributed by atoms with Gasteiger partial charge in [0.25, 0.3) is 5.91 Å². The van der Waals surface area contributed by atoms with E-state index in [1.54, 1.807) is 29.2 Å². The molecule has 0 radical (unpaired) electrons. The van der Waals surface area contributed by atoms with Gasteiger partial charge in [-0.1, -0.05) is 41.9 Å². The van der Waals surface area contributed by atoms with Crippen LogP contribution in [0.2, 0.25) is 5.02 Å². The summed E-state index contributed by atoms with van der Waals surface area (Å²) in [6.45, 7) is 0.328. The Balaban J connectivity index is 1.61. The first kappa shape index (κ1) is 17.7. The summed E-state index contributed by atoms with van der Waals surface area (Å²) in [7, 11) is 0. The number of rotatable bonds is 5. The van der Waals surface area contributed by atoms with Crippen LogP contribution in [0.5, 0.6) is 0 Å². The molecular formula is C21H19ClN2O3. The van der Waals surface area contributed by atoms with Crippen LogP contribution in [-0.4, -0.2) is 28.7 Å². The van der Waals surface area contributed by atoms with Gasteiger partial charge >= 0.3 is 0 Å². The molecule has 1 unspecified atom stereocenters. The number of hydrogen-bond acceptors (Lipinski definition) is 3. The Hall–Kier alpha value is -2.66. The molecule has 0 spiro atoms. The van der Waals surface area contributed by atoms with Crippen LogP contribution in [0.4, 0.5) is 5.69 Å². The molecule has 138 valence electrons. The van der Waals surface area contributed by atoms with Crippen molar-refractivity contribution >= 4 is 35.0 Å². The van der Waals surface area contributed by atoms with E-state index in [1.807, 2.05) is 30.3 Å². The number of carbonyl (C=O) groups is 3. The lowest BCUT2D eigenvalue weighted by atomic mass is 10.1. The fourth-order valence-electron chi connectivity index (χ4n) is 3.41. The monoisotopic (exact) mass is 382 g/mol. The lowest BCUT2D eigenvalue weighted by Gasteiger charge is -2.28. The Labute approximate surface area is 162 Å². The molecule has 1 aliphatic carbocycles. The van der Waals surface area contributed by atoms with Crippen molar-refractivity contribution in [2.45, 2.75) is 31.8 Å². The van der Waals surface area contributed by atoms with Gasteiger partial charge in [0.2, 0.25) is 11.8 Å². The van der Waals surface area contributed by atoms with Gasteiger partial charge in [0, 0.05) is 17.5 Å². The van der Waals surface area contributed by atoms with E-state index in [4.69, 9.17) is 11.6 Å². The normalized spacial score (nSPS) is 19.4. The minimum absolute atomic E-state index is 0.00670. The number of imide groups is 1. The van der Waals surface area contributed by atoms with Crippen molar-refractivity contribution in [3.05, 3.63) is 65.2 Å². The summed E-state index contributed by atoms with van der Waals surface area (Å²) in [6, 6.07) is 15.4. The van der Waals surface area contributed by atoms with E-state index in [1.165, 1.54) is 4.90 Å². The summed E-state index contributed by atoms with van der Waals surface area (Å²) in [6.07, 6.45) is 1.70. The summed E-state index contributed by atoms with van der Waals surface area (Å²) in [5.41, 5.74) is 1.42. The summed E-state index contributed by atoms with van der Waals surface area (Å²) >= 11 is 5.90. The van der Waals surface area contributed by atoms with Gasteiger partial charge in [-0.05, 0) is 42.7 Å². The van der Waals surface area contributed by atoms with Crippen LogP contribution in [0.3, 0.4) is 0 Å². The molecule has 0 bridgehead atoms. The predicted octanol–water partition coefficient (Wildman–Crippen LogP) is 3.41. The molecule has 0 aromatic heterocycles. The molecule has 6 heteroatoms. The second-order valence-corrected chi connectivity index (χ2v) is 7.43. The van der Waals surface area contributed by atoms with Gasteiger partial charge in [0.15, 0.2) is 0 Å². The summed E-state index contributed by atoms with van der Waals surface area (Å²) in [5, 5.41) is 0.531. The number of nitrogens with zero attached hydrogens (tertiary/aromatic N) is 2. The number of anilines is 1. The van der Waals surface area contributed by atoms with Gasteiger partial charge in [0.05, 0.1) is 12.1 Å². The molecule has 1 aliphatic heterocycles. The highest BCUT2D eigenvalue weighted by atomic mass is 35.5. The van der Waals surface area contributed by atoms with Crippen molar-refractivity contribution in [1.29, 1.82) is 0 Å². The second kappa shape index (κ2) is 7.16. The van der Waals surface area contributed by atoms with E-state index in [0.717, 1.165) is 18.4 Å². The van der Waals surface area contributed by atoms with Gasteiger partial charge in [-0.15, -0.1) is 0 Å². The first-order valence-corrected chi connectivity index (χ1v) is 9.39. The van der Waals surface area contributed by atoms with Crippen LogP contribution in [-0.2, 0) is 20.9 Å². The van der Waals surface area contributed by atoms with Gasteiger partial charge in [0.1, 0.15) is 6.04 Å². The minimum atomic E-state index is -0.763. The SMILES string of the molecule is O=C1CC(N(Cc2ccccc2)C(=O)C2CC2)C(=O)N1c1ccc(Cl)cc1. The number of amides is 3. The van der Waals surface area contributed by atoms with E-state index in [9.17, 15) is 14.4 Å². The standard InChI is InChI=1S/C21H19ClN2O3/c22-16-8-10-17(11-9-16)24-19(25)12-18(21(24)27)23(20(26)15-6-7-15)13-14-4-2-1-3-5-14/h1-5,8-11,15,18H,6-7,12-13H2. The van der Waals surface area contributed by atoms with Crippen molar-refractivity contribution in [2.24, 2.45) is 5.92 Å². The highest BCUT2D eigenvalue weighted by molar-refractivity contribution is 6.30. The van der Waals surface area contributed by atoms with Gasteiger partial charge in [-0.3, -0.25) is 14.4 Å². The molecule has 1 saturated heterocycles. The molecule has 3 amide bonds. The molecule has 5 nitrogen and oxygen atoms in total. The summed E-state index contributed by atoms with van der Waals surface area (Å²) in [4.78, 5) is 41.3. The van der Waals surface area contributed by atoms with Crippen LogP contribution in [0.25, 0.3) is 0 Å².